The second kappa shape index (κ2) is 7.60. The zero-order valence-electron chi connectivity index (χ0n) is 11.1. The summed E-state index contributed by atoms with van der Waals surface area (Å²) in [6.07, 6.45) is 1.66. The van der Waals surface area contributed by atoms with E-state index in [0.29, 0.717) is 12.4 Å². The molecular weight excluding hydrogens is 288 g/mol. The minimum absolute atomic E-state index is 0.0570. The number of methoxy groups -OCH3 is 1. The molecule has 4 nitrogen and oxygen atoms in total. The summed E-state index contributed by atoms with van der Waals surface area (Å²) in [5, 5.41) is 0. The number of rotatable bonds is 8. The molecule has 0 saturated heterocycles. The molecule has 0 aliphatic rings. The molecule has 1 unspecified atom stereocenters. The van der Waals surface area contributed by atoms with Crippen molar-refractivity contribution in [3.63, 3.8) is 0 Å². The average molecular weight is 307 g/mol. The van der Waals surface area contributed by atoms with E-state index in [0.717, 1.165) is 18.6 Å². The lowest BCUT2D eigenvalue weighted by molar-refractivity contribution is 0.252. The Morgan fingerprint density at radius 2 is 1.79 bits per heavy atom. The highest BCUT2D eigenvalue weighted by atomic mass is 35.7. The molecule has 0 aliphatic carbocycles. The molecule has 1 aromatic carbocycles. The molecule has 0 spiro atoms. The van der Waals surface area contributed by atoms with E-state index in [-0.39, 0.29) is 11.7 Å². The molecule has 0 bridgehead atoms. The van der Waals surface area contributed by atoms with Gasteiger partial charge in [0.05, 0.1) is 19.5 Å². The van der Waals surface area contributed by atoms with Gasteiger partial charge in [0.1, 0.15) is 11.5 Å². The smallest absolute Gasteiger partial charge is 0.232 e. The summed E-state index contributed by atoms with van der Waals surface area (Å²) in [6, 6.07) is 7.17. The van der Waals surface area contributed by atoms with Crippen LogP contribution in [-0.4, -0.2) is 27.9 Å². The van der Waals surface area contributed by atoms with Crippen molar-refractivity contribution in [2.24, 2.45) is 5.92 Å². The van der Waals surface area contributed by atoms with Crippen LogP contribution < -0.4 is 9.47 Å². The fourth-order valence-corrected chi connectivity index (χ4v) is 3.15. The lowest BCUT2D eigenvalue weighted by atomic mass is 10.1. The van der Waals surface area contributed by atoms with Gasteiger partial charge in [-0.1, -0.05) is 13.3 Å². The standard InChI is InChI=1S/C13H19ClO4S/c1-3-4-11(10-19(14,15)16)9-18-13-7-5-12(17-2)6-8-13/h5-8,11H,3-4,9-10H2,1-2H3. The van der Waals surface area contributed by atoms with E-state index in [1.54, 1.807) is 31.4 Å². The second-order valence-electron chi connectivity index (χ2n) is 4.35. The Balaban J connectivity index is 2.54. The summed E-state index contributed by atoms with van der Waals surface area (Å²) >= 11 is 0. The fourth-order valence-electron chi connectivity index (χ4n) is 1.79. The Morgan fingerprint density at radius 3 is 2.26 bits per heavy atom. The number of ether oxygens (including phenoxy) is 2. The fraction of sp³-hybridized carbons (Fsp3) is 0.538. The molecule has 108 valence electrons. The normalized spacial score (nSPS) is 13.0. The maximum Gasteiger partial charge on any atom is 0.232 e. The second-order valence-corrected chi connectivity index (χ2v) is 7.17. The van der Waals surface area contributed by atoms with Gasteiger partial charge in [-0.05, 0) is 30.7 Å². The SMILES string of the molecule is CCCC(COc1ccc(OC)cc1)CS(=O)(=O)Cl. The zero-order chi connectivity index (χ0) is 14.3. The van der Waals surface area contributed by atoms with E-state index < -0.39 is 9.05 Å². The predicted octanol–water partition coefficient (Wildman–Crippen LogP) is 3.06. The number of halogens is 1. The quantitative estimate of drug-likeness (QED) is 0.693. The van der Waals surface area contributed by atoms with Crippen molar-refractivity contribution in [3.8, 4) is 11.5 Å². The van der Waals surface area contributed by atoms with Gasteiger partial charge in [0, 0.05) is 16.6 Å². The zero-order valence-corrected chi connectivity index (χ0v) is 12.7. The van der Waals surface area contributed by atoms with E-state index in [1.807, 2.05) is 6.92 Å². The Bertz CT molecular complexity index is 470. The summed E-state index contributed by atoms with van der Waals surface area (Å²) < 4.78 is 32.8. The lowest BCUT2D eigenvalue weighted by Crippen LogP contribution is -2.19. The van der Waals surface area contributed by atoms with E-state index in [1.165, 1.54) is 0 Å². The van der Waals surface area contributed by atoms with Crippen molar-refractivity contribution in [2.45, 2.75) is 19.8 Å². The summed E-state index contributed by atoms with van der Waals surface area (Å²) in [7, 11) is 3.39. The van der Waals surface area contributed by atoms with Crippen LogP contribution in [-0.2, 0) is 9.05 Å². The third kappa shape index (κ3) is 6.68. The molecule has 0 fully saturated rings. The van der Waals surface area contributed by atoms with Crippen LogP contribution in [0.2, 0.25) is 0 Å². The summed E-state index contributed by atoms with van der Waals surface area (Å²) in [5.74, 6) is 1.29. The van der Waals surface area contributed by atoms with Gasteiger partial charge in [0.2, 0.25) is 9.05 Å². The highest BCUT2D eigenvalue weighted by molar-refractivity contribution is 8.13. The summed E-state index contributed by atoms with van der Waals surface area (Å²) in [6.45, 7) is 2.34. The van der Waals surface area contributed by atoms with Crippen LogP contribution in [0, 0.1) is 5.92 Å². The average Bonchev–Trinajstić information content (AvgIpc) is 2.35. The van der Waals surface area contributed by atoms with E-state index in [2.05, 4.69) is 0 Å². The minimum atomic E-state index is -3.49. The molecule has 1 atom stereocenters. The van der Waals surface area contributed by atoms with Gasteiger partial charge in [-0.15, -0.1) is 0 Å². The Hall–Kier alpha value is -0.940. The molecule has 19 heavy (non-hydrogen) atoms. The van der Waals surface area contributed by atoms with Crippen molar-refractivity contribution in [2.75, 3.05) is 19.5 Å². The predicted molar refractivity (Wildman–Crippen MR) is 76.5 cm³/mol. The maximum absolute atomic E-state index is 11.1. The molecular formula is C13H19ClO4S. The van der Waals surface area contributed by atoms with Gasteiger partial charge in [-0.3, -0.25) is 0 Å². The number of benzene rings is 1. The minimum Gasteiger partial charge on any atom is -0.497 e. The molecule has 0 amide bonds. The molecule has 6 heteroatoms. The maximum atomic E-state index is 11.1. The van der Waals surface area contributed by atoms with E-state index in [4.69, 9.17) is 20.2 Å². The first kappa shape index (κ1) is 16.1. The molecule has 0 heterocycles. The Labute approximate surface area is 119 Å². The first-order valence-corrected chi connectivity index (χ1v) is 8.61. The van der Waals surface area contributed by atoms with E-state index >= 15 is 0 Å². The first-order valence-electron chi connectivity index (χ1n) is 6.13. The molecule has 0 aliphatic heterocycles. The van der Waals surface area contributed by atoms with Crippen LogP contribution in [0.15, 0.2) is 24.3 Å². The van der Waals surface area contributed by atoms with Gasteiger partial charge in [-0.2, -0.15) is 0 Å². The van der Waals surface area contributed by atoms with Crippen molar-refractivity contribution in [1.29, 1.82) is 0 Å². The van der Waals surface area contributed by atoms with Crippen molar-refractivity contribution in [3.05, 3.63) is 24.3 Å². The Morgan fingerprint density at radius 1 is 1.21 bits per heavy atom. The summed E-state index contributed by atoms with van der Waals surface area (Å²) in [5.41, 5.74) is 0. The number of hydrogen-bond acceptors (Lipinski definition) is 4. The third-order valence-electron chi connectivity index (χ3n) is 2.68. The third-order valence-corrected chi connectivity index (χ3v) is 3.92. The highest BCUT2D eigenvalue weighted by Gasteiger charge is 2.17. The summed E-state index contributed by atoms with van der Waals surface area (Å²) in [4.78, 5) is 0. The lowest BCUT2D eigenvalue weighted by Gasteiger charge is -2.15. The van der Waals surface area contributed by atoms with Crippen LogP contribution in [0.3, 0.4) is 0 Å². The topological polar surface area (TPSA) is 52.6 Å². The van der Waals surface area contributed by atoms with Gasteiger partial charge in [0.25, 0.3) is 0 Å². The van der Waals surface area contributed by atoms with Gasteiger partial charge < -0.3 is 9.47 Å². The highest BCUT2D eigenvalue weighted by Crippen LogP contribution is 2.19. The van der Waals surface area contributed by atoms with Crippen molar-refractivity contribution in [1.82, 2.24) is 0 Å². The number of hydrogen-bond donors (Lipinski definition) is 0. The largest absolute Gasteiger partial charge is 0.497 e. The molecule has 0 radical (unpaired) electrons. The van der Waals surface area contributed by atoms with Crippen LogP contribution in [0.4, 0.5) is 0 Å². The van der Waals surface area contributed by atoms with Crippen molar-refractivity contribution < 1.29 is 17.9 Å². The van der Waals surface area contributed by atoms with Gasteiger partial charge in [-0.25, -0.2) is 8.42 Å². The molecule has 0 N–H and O–H groups in total. The van der Waals surface area contributed by atoms with E-state index in [9.17, 15) is 8.42 Å². The monoisotopic (exact) mass is 306 g/mol. The Kier molecular flexibility index (Phi) is 6.45. The molecule has 0 saturated carbocycles. The molecule has 0 aromatic heterocycles. The van der Waals surface area contributed by atoms with Gasteiger partial charge in [0.15, 0.2) is 0 Å². The van der Waals surface area contributed by atoms with Crippen LogP contribution in [0.1, 0.15) is 19.8 Å². The first-order chi connectivity index (χ1) is 8.94. The van der Waals surface area contributed by atoms with Crippen LogP contribution >= 0.6 is 10.7 Å². The molecule has 1 rings (SSSR count). The van der Waals surface area contributed by atoms with Crippen LogP contribution in [0.25, 0.3) is 0 Å². The van der Waals surface area contributed by atoms with Crippen molar-refractivity contribution >= 4 is 19.7 Å². The van der Waals surface area contributed by atoms with Crippen LogP contribution in [0.5, 0.6) is 11.5 Å². The van der Waals surface area contributed by atoms with Gasteiger partial charge >= 0.3 is 0 Å². The molecule has 1 aromatic rings.